The van der Waals surface area contributed by atoms with E-state index in [9.17, 15) is 18.0 Å². The number of aryl methyl sites for hydroxylation is 2. The minimum absolute atomic E-state index is 0.0954. The quantitative estimate of drug-likeness (QED) is 0.604. The average Bonchev–Trinajstić information content (AvgIpc) is 3.06. The molecular weight excluding hydrogens is 436 g/mol. The molecule has 1 aromatic heterocycles. The Morgan fingerprint density at radius 1 is 1.16 bits per heavy atom. The average molecular weight is 465 g/mol. The van der Waals surface area contributed by atoms with Crippen LogP contribution in [-0.4, -0.2) is 44.0 Å². The van der Waals surface area contributed by atoms with Gasteiger partial charge in [0.15, 0.2) is 0 Å². The Bertz CT molecular complexity index is 1060. The van der Waals surface area contributed by atoms with E-state index in [1.165, 1.54) is 11.3 Å². The van der Waals surface area contributed by atoms with E-state index in [0.717, 1.165) is 57.8 Å². The number of esters is 1. The lowest BCUT2D eigenvalue weighted by Crippen LogP contribution is -2.37. The highest BCUT2D eigenvalue weighted by atomic mass is 32.2. The summed E-state index contributed by atoms with van der Waals surface area (Å²) in [4.78, 5) is 26.4. The predicted octanol–water partition coefficient (Wildman–Crippen LogP) is 3.51. The van der Waals surface area contributed by atoms with Crippen LogP contribution in [0.5, 0.6) is 0 Å². The monoisotopic (exact) mass is 464 g/mol. The highest BCUT2D eigenvalue weighted by molar-refractivity contribution is 7.88. The van der Waals surface area contributed by atoms with Crippen LogP contribution in [0.2, 0.25) is 0 Å². The van der Waals surface area contributed by atoms with Crippen molar-refractivity contribution in [1.82, 2.24) is 4.31 Å². The topological polar surface area (TPSA) is 92.8 Å². The normalized spacial score (nSPS) is 13.7. The molecule has 0 unspecified atom stereocenters. The van der Waals surface area contributed by atoms with Crippen molar-refractivity contribution in [2.75, 3.05) is 24.7 Å². The fourth-order valence-electron chi connectivity index (χ4n) is 3.59. The van der Waals surface area contributed by atoms with Crippen molar-refractivity contribution in [3.05, 3.63) is 51.4 Å². The Labute approximate surface area is 187 Å². The minimum atomic E-state index is -3.61. The Morgan fingerprint density at radius 2 is 1.84 bits per heavy atom. The molecule has 1 aliphatic rings. The van der Waals surface area contributed by atoms with Gasteiger partial charge in [0.25, 0.3) is 0 Å². The van der Waals surface area contributed by atoms with Crippen LogP contribution in [-0.2, 0) is 38.9 Å². The van der Waals surface area contributed by atoms with E-state index in [-0.39, 0.29) is 19.7 Å². The molecule has 1 heterocycles. The highest BCUT2D eigenvalue weighted by Gasteiger charge is 2.28. The molecular formula is C22H28N2O5S2. The van der Waals surface area contributed by atoms with Crippen LogP contribution in [0, 0.1) is 6.92 Å². The Balaban J connectivity index is 1.80. The summed E-state index contributed by atoms with van der Waals surface area (Å²) < 4.78 is 30.9. The van der Waals surface area contributed by atoms with Crippen LogP contribution in [0.15, 0.2) is 24.3 Å². The number of benzene rings is 1. The van der Waals surface area contributed by atoms with Gasteiger partial charge in [-0.3, -0.25) is 4.79 Å². The molecule has 0 aliphatic heterocycles. The van der Waals surface area contributed by atoms with Gasteiger partial charge in [-0.15, -0.1) is 11.3 Å². The molecule has 9 heteroatoms. The summed E-state index contributed by atoms with van der Waals surface area (Å²) in [6, 6.07) is 7.49. The van der Waals surface area contributed by atoms with Gasteiger partial charge in [-0.05, 0) is 50.7 Å². The third-order valence-corrected chi connectivity index (χ3v) is 7.58. The van der Waals surface area contributed by atoms with E-state index in [2.05, 4.69) is 5.32 Å². The third kappa shape index (κ3) is 5.93. The number of thiophene rings is 1. The molecule has 1 aliphatic carbocycles. The van der Waals surface area contributed by atoms with Gasteiger partial charge in [-0.2, -0.15) is 4.31 Å². The van der Waals surface area contributed by atoms with E-state index >= 15 is 0 Å². The number of amides is 1. The van der Waals surface area contributed by atoms with Gasteiger partial charge in [0, 0.05) is 11.4 Å². The molecule has 0 saturated heterocycles. The van der Waals surface area contributed by atoms with Gasteiger partial charge in [0.05, 0.1) is 25.0 Å². The number of ether oxygens (including phenoxy) is 1. The van der Waals surface area contributed by atoms with Gasteiger partial charge >= 0.3 is 5.97 Å². The van der Waals surface area contributed by atoms with Crippen LogP contribution in [0.4, 0.5) is 5.00 Å². The summed E-state index contributed by atoms with van der Waals surface area (Å²) in [5.74, 6) is -0.932. The lowest BCUT2D eigenvalue weighted by molar-refractivity contribution is -0.116. The number of hydrogen-bond donors (Lipinski definition) is 1. The van der Waals surface area contributed by atoms with E-state index in [1.54, 1.807) is 6.92 Å². The van der Waals surface area contributed by atoms with E-state index in [0.29, 0.717) is 10.6 Å². The van der Waals surface area contributed by atoms with Crippen molar-refractivity contribution in [2.24, 2.45) is 0 Å². The maximum absolute atomic E-state index is 12.8. The first kappa shape index (κ1) is 23.4. The summed E-state index contributed by atoms with van der Waals surface area (Å²) in [7, 11) is -3.61. The predicted molar refractivity (Wildman–Crippen MR) is 122 cm³/mol. The van der Waals surface area contributed by atoms with Crippen molar-refractivity contribution >= 4 is 38.2 Å². The van der Waals surface area contributed by atoms with E-state index in [1.807, 2.05) is 31.2 Å². The standard InChI is InChI=1S/C22H28N2O5S2/c1-4-29-22(26)20-17-7-5-6-8-18(17)30-21(20)23-19(25)14-24(31(3,27)28)13-16-11-9-15(2)10-12-16/h9-12H,4-8,13-14H2,1-3H3,(H,23,25). The number of rotatable bonds is 8. The Kier molecular flexibility index (Phi) is 7.51. The highest BCUT2D eigenvalue weighted by Crippen LogP contribution is 2.38. The first-order valence-corrected chi connectivity index (χ1v) is 13.0. The summed E-state index contributed by atoms with van der Waals surface area (Å²) >= 11 is 1.38. The minimum Gasteiger partial charge on any atom is -0.462 e. The molecule has 0 atom stereocenters. The van der Waals surface area contributed by atoms with Crippen LogP contribution in [0.1, 0.15) is 51.7 Å². The number of nitrogens with zero attached hydrogens (tertiary/aromatic N) is 1. The summed E-state index contributed by atoms with van der Waals surface area (Å²) in [6.07, 6.45) is 4.76. The van der Waals surface area contributed by atoms with Gasteiger partial charge in [-0.25, -0.2) is 13.2 Å². The lowest BCUT2D eigenvalue weighted by Gasteiger charge is -2.19. The Hall–Kier alpha value is -2.23. The van der Waals surface area contributed by atoms with Crippen LogP contribution in [0.25, 0.3) is 0 Å². The number of carbonyl (C=O) groups is 2. The maximum atomic E-state index is 12.8. The first-order valence-electron chi connectivity index (χ1n) is 10.3. The van der Waals surface area contributed by atoms with Crippen molar-refractivity contribution in [3.63, 3.8) is 0 Å². The zero-order valence-electron chi connectivity index (χ0n) is 18.1. The van der Waals surface area contributed by atoms with Crippen LogP contribution >= 0.6 is 11.3 Å². The lowest BCUT2D eigenvalue weighted by atomic mass is 9.95. The molecule has 0 fully saturated rings. The number of anilines is 1. The zero-order chi connectivity index (χ0) is 22.6. The van der Waals surface area contributed by atoms with Crippen molar-refractivity contribution in [1.29, 1.82) is 0 Å². The second kappa shape index (κ2) is 9.93. The van der Waals surface area contributed by atoms with E-state index < -0.39 is 21.9 Å². The second-order valence-corrected chi connectivity index (χ2v) is 10.8. The SMILES string of the molecule is CCOC(=O)c1c(NC(=O)CN(Cc2ccc(C)cc2)S(C)(=O)=O)sc2c1CCCC2. The molecule has 31 heavy (non-hydrogen) atoms. The fraction of sp³-hybridized carbons (Fsp3) is 0.455. The summed E-state index contributed by atoms with van der Waals surface area (Å²) in [5, 5.41) is 3.22. The molecule has 2 aromatic rings. The van der Waals surface area contributed by atoms with E-state index in [4.69, 9.17) is 4.74 Å². The van der Waals surface area contributed by atoms with Crippen molar-refractivity contribution < 1.29 is 22.7 Å². The summed E-state index contributed by atoms with van der Waals surface area (Å²) in [5.41, 5.74) is 3.23. The molecule has 0 bridgehead atoms. The molecule has 0 saturated carbocycles. The number of nitrogens with one attached hydrogen (secondary N) is 1. The molecule has 1 N–H and O–H groups in total. The number of hydrogen-bond acceptors (Lipinski definition) is 6. The second-order valence-electron chi connectivity index (χ2n) is 7.70. The number of fused-ring (bicyclic) bond motifs is 1. The molecule has 168 valence electrons. The molecule has 0 radical (unpaired) electrons. The van der Waals surface area contributed by atoms with Gasteiger partial charge < -0.3 is 10.1 Å². The summed E-state index contributed by atoms with van der Waals surface area (Å²) in [6.45, 7) is 3.70. The Morgan fingerprint density at radius 3 is 2.48 bits per heavy atom. The first-order chi connectivity index (χ1) is 14.7. The fourth-order valence-corrected chi connectivity index (χ4v) is 5.62. The van der Waals surface area contributed by atoms with Crippen LogP contribution < -0.4 is 5.32 Å². The zero-order valence-corrected chi connectivity index (χ0v) is 19.7. The molecule has 3 rings (SSSR count). The van der Waals surface area contributed by atoms with Gasteiger partial charge in [-0.1, -0.05) is 29.8 Å². The molecule has 0 spiro atoms. The van der Waals surface area contributed by atoms with Crippen LogP contribution in [0.3, 0.4) is 0 Å². The molecule has 1 amide bonds. The smallest absolute Gasteiger partial charge is 0.341 e. The molecule has 7 nitrogen and oxygen atoms in total. The molecule has 1 aromatic carbocycles. The number of carbonyl (C=O) groups excluding carboxylic acids is 2. The van der Waals surface area contributed by atoms with Crippen molar-refractivity contribution in [2.45, 2.75) is 46.1 Å². The van der Waals surface area contributed by atoms with Crippen molar-refractivity contribution in [3.8, 4) is 0 Å². The van der Waals surface area contributed by atoms with Gasteiger partial charge in [0.1, 0.15) is 5.00 Å². The number of sulfonamides is 1. The van der Waals surface area contributed by atoms with Gasteiger partial charge in [0.2, 0.25) is 15.9 Å². The largest absolute Gasteiger partial charge is 0.462 e. The third-order valence-electron chi connectivity index (χ3n) is 5.17. The maximum Gasteiger partial charge on any atom is 0.341 e.